The second kappa shape index (κ2) is 12.8. The Balaban J connectivity index is 1.06. The first-order valence-electron chi connectivity index (χ1n) is 18.0. The Hall–Kier alpha value is -6.11. The van der Waals surface area contributed by atoms with Gasteiger partial charge in [-0.25, -0.2) is 4.98 Å². The number of nitrogens with zero attached hydrogens (tertiary/aromatic N) is 2. The topological polar surface area (TPSA) is 16.1 Å². The van der Waals surface area contributed by atoms with E-state index in [1.165, 1.54) is 67.3 Å². The molecule has 3 heterocycles. The fraction of sp³-hybridized carbons (Fsp3) is 0. The van der Waals surface area contributed by atoms with Crippen molar-refractivity contribution in [3.8, 4) is 32.8 Å². The smallest absolute Gasteiger partial charge is 0.124 e. The Morgan fingerprint density at radius 1 is 0.370 bits per heavy atom. The zero-order valence-corrected chi connectivity index (χ0v) is 31.4. The lowest BCUT2D eigenvalue weighted by molar-refractivity contribution is 1.29. The second-order valence-electron chi connectivity index (χ2n) is 13.5. The molecule has 5 heteroatoms. The Labute approximate surface area is 324 Å². The van der Waals surface area contributed by atoms with Gasteiger partial charge in [0.2, 0.25) is 0 Å². The van der Waals surface area contributed by atoms with Crippen LogP contribution < -0.4 is 4.90 Å². The van der Waals surface area contributed by atoms with Crippen molar-refractivity contribution in [3.05, 3.63) is 182 Å². The van der Waals surface area contributed by atoms with Crippen LogP contribution in [0.2, 0.25) is 0 Å². The van der Waals surface area contributed by atoms with E-state index < -0.39 is 0 Å². The summed E-state index contributed by atoms with van der Waals surface area (Å²) in [6.45, 7) is 0. The van der Waals surface area contributed by atoms with Crippen LogP contribution in [0.5, 0.6) is 0 Å². The van der Waals surface area contributed by atoms with Gasteiger partial charge in [0.25, 0.3) is 0 Å². The van der Waals surface area contributed by atoms with Crippen molar-refractivity contribution in [1.82, 2.24) is 4.98 Å². The van der Waals surface area contributed by atoms with Gasteiger partial charge in [-0.15, -0.1) is 34.0 Å². The van der Waals surface area contributed by atoms with E-state index in [0.29, 0.717) is 0 Å². The van der Waals surface area contributed by atoms with Gasteiger partial charge in [0.1, 0.15) is 5.01 Å². The van der Waals surface area contributed by atoms with Crippen molar-refractivity contribution in [2.24, 2.45) is 0 Å². The molecule has 0 saturated carbocycles. The van der Waals surface area contributed by atoms with Crippen LogP contribution in [0.15, 0.2) is 182 Å². The average molecular weight is 743 g/mol. The fourth-order valence-corrected chi connectivity index (χ4v) is 11.0. The summed E-state index contributed by atoms with van der Waals surface area (Å²) in [4.78, 5) is 7.64. The average Bonchev–Trinajstić information content (AvgIpc) is 3.95. The first-order chi connectivity index (χ1) is 26.7. The molecule has 3 aromatic heterocycles. The Morgan fingerprint density at radius 3 is 1.74 bits per heavy atom. The highest BCUT2D eigenvalue weighted by atomic mass is 32.1. The van der Waals surface area contributed by atoms with E-state index in [-0.39, 0.29) is 0 Å². The standard InChI is InChI=1S/C49H30N2S3/c1-3-10-31(11-4-1)32-18-22-35(23-19-32)51(36-24-20-33(21-25-36)38-15-9-16-40-39-14-7-8-17-42(39)53-48(38)40)37-26-27-43-41(30-37)46-44(52-43)28-29-45-47(46)50-49(54-45)34-12-5-2-6-13-34/h1-30H. The predicted molar refractivity (Wildman–Crippen MR) is 236 cm³/mol. The molecular weight excluding hydrogens is 713 g/mol. The molecular formula is C49H30N2S3. The van der Waals surface area contributed by atoms with E-state index in [0.717, 1.165) is 33.1 Å². The van der Waals surface area contributed by atoms with E-state index >= 15 is 0 Å². The molecule has 0 fully saturated rings. The number of thiophene rings is 2. The van der Waals surface area contributed by atoms with Gasteiger partial charge in [-0.2, -0.15) is 0 Å². The van der Waals surface area contributed by atoms with Crippen LogP contribution in [-0.2, 0) is 0 Å². The van der Waals surface area contributed by atoms with Crippen molar-refractivity contribution in [2.75, 3.05) is 4.90 Å². The van der Waals surface area contributed by atoms with Gasteiger partial charge in [0, 0.05) is 63.0 Å². The molecule has 0 aliphatic carbocycles. The Bertz CT molecular complexity index is 3140. The minimum atomic E-state index is 1.06. The van der Waals surface area contributed by atoms with Crippen LogP contribution in [0.1, 0.15) is 0 Å². The second-order valence-corrected chi connectivity index (χ2v) is 16.7. The molecule has 8 aromatic carbocycles. The van der Waals surface area contributed by atoms with Gasteiger partial charge in [0.15, 0.2) is 0 Å². The number of thiazole rings is 1. The number of hydrogen-bond acceptors (Lipinski definition) is 5. The van der Waals surface area contributed by atoms with Crippen LogP contribution >= 0.6 is 34.0 Å². The third-order valence-electron chi connectivity index (χ3n) is 10.3. The number of rotatable bonds is 6. The molecule has 2 nitrogen and oxygen atoms in total. The van der Waals surface area contributed by atoms with Gasteiger partial charge < -0.3 is 4.90 Å². The zero-order valence-electron chi connectivity index (χ0n) is 28.9. The molecule has 0 bridgehead atoms. The summed E-state index contributed by atoms with van der Waals surface area (Å²) in [5, 5.41) is 6.17. The minimum Gasteiger partial charge on any atom is -0.310 e. The summed E-state index contributed by atoms with van der Waals surface area (Å²) in [5.74, 6) is 0. The van der Waals surface area contributed by atoms with Gasteiger partial charge >= 0.3 is 0 Å². The Kier molecular flexibility index (Phi) is 7.44. The molecule has 54 heavy (non-hydrogen) atoms. The summed E-state index contributed by atoms with van der Waals surface area (Å²) in [6, 6.07) is 66.0. The van der Waals surface area contributed by atoms with Gasteiger partial charge in [-0.05, 0) is 82.9 Å². The first kappa shape index (κ1) is 31.4. The maximum Gasteiger partial charge on any atom is 0.124 e. The molecule has 11 aromatic rings. The number of fused-ring (bicyclic) bond motifs is 8. The molecule has 0 spiro atoms. The van der Waals surface area contributed by atoms with Crippen LogP contribution in [0.25, 0.3) is 83.4 Å². The summed E-state index contributed by atoms with van der Waals surface area (Å²) in [6.07, 6.45) is 0. The summed E-state index contributed by atoms with van der Waals surface area (Å²) < 4.78 is 6.39. The fourth-order valence-electron chi connectivity index (χ4n) is 7.73. The van der Waals surface area contributed by atoms with E-state index in [4.69, 9.17) is 4.98 Å². The predicted octanol–water partition coefficient (Wildman–Crippen LogP) is 15.5. The van der Waals surface area contributed by atoms with Gasteiger partial charge in [0.05, 0.1) is 10.2 Å². The molecule has 0 atom stereocenters. The summed E-state index contributed by atoms with van der Waals surface area (Å²) >= 11 is 5.48. The molecule has 0 radical (unpaired) electrons. The van der Waals surface area contributed by atoms with Crippen LogP contribution in [0.4, 0.5) is 17.1 Å². The summed E-state index contributed by atoms with van der Waals surface area (Å²) in [5.41, 5.74) is 10.5. The normalized spacial score (nSPS) is 11.7. The summed E-state index contributed by atoms with van der Waals surface area (Å²) in [7, 11) is 0. The zero-order chi connectivity index (χ0) is 35.6. The lowest BCUT2D eigenvalue weighted by atomic mass is 10.0. The number of benzene rings is 8. The number of anilines is 3. The van der Waals surface area contributed by atoms with E-state index in [1.807, 2.05) is 22.7 Å². The van der Waals surface area contributed by atoms with E-state index in [9.17, 15) is 0 Å². The highest BCUT2D eigenvalue weighted by Crippen LogP contribution is 2.45. The van der Waals surface area contributed by atoms with Crippen LogP contribution in [0, 0.1) is 0 Å². The largest absolute Gasteiger partial charge is 0.310 e. The Morgan fingerprint density at radius 2 is 0.963 bits per heavy atom. The quantitative estimate of drug-likeness (QED) is 0.169. The molecule has 0 N–H and O–H groups in total. The van der Waals surface area contributed by atoms with E-state index in [2.05, 4.69) is 187 Å². The van der Waals surface area contributed by atoms with Gasteiger partial charge in [-0.1, -0.05) is 121 Å². The number of hydrogen-bond donors (Lipinski definition) is 0. The molecule has 254 valence electrons. The van der Waals surface area contributed by atoms with Crippen molar-refractivity contribution in [1.29, 1.82) is 0 Å². The monoisotopic (exact) mass is 742 g/mol. The maximum absolute atomic E-state index is 5.25. The molecule has 0 amide bonds. The SMILES string of the molecule is c1ccc(-c2ccc(N(c3ccc(-c4cccc5c4sc4ccccc45)cc3)c3ccc4sc5ccc6sc(-c7ccccc7)nc6c5c4c3)cc2)cc1. The molecule has 0 aliphatic heterocycles. The lowest BCUT2D eigenvalue weighted by Gasteiger charge is -2.26. The van der Waals surface area contributed by atoms with Crippen molar-refractivity contribution >= 4 is 102 Å². The third-order valence-corrected chi connectivity index (χ3v) is 13.8. The first-order valence-corrected chi connectivity index (χ1v) is 20.5. The highest BCUT2D eigenvalue weighted by Gasteiger charge is 2.19. The van der Waals surface area contributed by atoms with Gasteiger partial charge in [-0.3, -0.25) is 0 Å². The van der Waals surface area contributed by atoms with Crippen LogP contribution in [0.3, 0.4) is 0 Å². The van der Waals surface area contributed by atoms with Crippen molar-refractivity contribution in [2.45, 2.75) is 0 Å². The van der Waals surface area contributed by atoms with Crippen molar-refractivity contribution in [3.63, 3.8) is 0 Å². The molecule has 11 rings (SSSR count). The molecule has 0 aliphatic rings. The van der Waals surface area contributed by atoms with Crippen molar-refractivity contribution < 1.29 is 0 Å². The third kappa shape index (κ3) is 5.24. The van der Waals surface area contributed by atoms with E-state index in [1.54, 1.807) is 11.3 Å². The molecule has 0 saturated heterocycles. The van der Waals surface area contributed by atoms with Crippen LogP contribution in [-0.4, -0.2) is 4.98 Å². The lowest BCUT2D eigenvalue weighted by Crippen LogP contribution is -2.09. The maximum atomic E-state index is 5.25. The molecule has 0 unspecified atom stereocenters. The number of aromatic nitrogens is 1. The minimum absolute atomic E-state index is 1.06. The highest BCUT2D eigenvalue weighted by molar-refractivity contribution is 7.27.